The number of likely N-dealkylation sites (tertiary alicyclic amines) is 1. The lowest BCUT2D eigenvalue weighted by atomic mass is 9.88. The lowest BCUT2D eigenvalue weighted by Crippen LogP contribution is -2.36. The van der Waals surface area contributed by atoms with E-state index in [9.17, 15) is 9.59 Å². The molecule has 0 radical (unpaired) electrons. The Balaban J connectivity index is 1.55. The molecule has 4 rings (SSSR count). The van der Waals surface area contributed by atoms with E-state index in [0.29, 0.717) is 17.2 Å². The minimum Gasteiger partial charge on any atom is -0.339 e. The van der Waals surface area contributed by atoms with Crippen LogP contribution in [0.4, 0.5) is 5.69 Å². The molecule has 1 N–H and O–H groups in total. The van der Waals surface area contributed by atoms with Gasteiger partial charge in [0.1, 0.15) is 0 Å². The molecule has 1 aromatic carbocycles. The van der Waals surface area contributed by atoms with Crippen LogP contribution < -0.4 is 5.32 Å². The fraction of sp³-hybridized carbons (Fsp3) is 0.455. The van der Waals surface area contributed by atoms with Gasteiger partial charge >= 0.3 is 0 Å². The number of nitrogens with zero attached hydrogens (tertiary/aromatic N) is 1. The maximum absolute atomic E-state index is 13.0. The molecule has 2 aliphatic rings. The highest BCUT2D eigenvalue weighted by Gasteiger charge is 2.25. The van der Waals surface area contributed by atoms with Crippen molar-refractivity contribution in [3.63, 3.8) is 0 Å². The number of hydrogen-bond acceptors (Lipinski definition) is 3. The van der Waals surface area contributed by atoms with Crippen molar-refractivity contribution in [2.45, 2.75) is 45.4 Å². The van der Waals surface area contributed by atoms with Crippen LogP contribution in [0.2, 0.25) is 0 Å². The van der Waals surface area contributed by atoms with Gasteiger partial charge in [-0.2, -0.15) is 0 Å². The molecule has 1 aromatic heterocycles. The highest BCUT2D eigenvalue weighted by Crippen LogP contribution is 2.33. The number of anilines is 1. The van der Waals surface area contributed by atoms with Crippen molar-refractivity contribution in [2.24, 2.45) is 5.92 Å². The first-order chi connectivity index (χ1) is 13.1. The summed E-state index contributed by atoms with van der Waals surface area (Å²) in [5.74, 6) is 0.614. The summed E-state index contributed by atoms with van der Waals surface area (Å²) in [5.41, 5.74) is 3.19. The van der Waals surface area contributed by atoms with Crippen LogP contribution in [-0.4, -0.2) is 29.8 Å². The number of amides is 2. The molecule has 1 aliphatic carbocycles. The number of para-hydroxylation sites is 1. The van der Waals surface area contributed by atoms with Crippen molar-refractivity contribution in [1.29, 1.82) is 0 Å². The number of hydrogen-bond donors (Lipinski definition) is 1. The summed E-state index contributed by atoms with van der Waals surface area (Å²) in [6, 6.07) is 7.38. The van der Waals surface area contributed by atoms with E-state index in [1.807, 2.05) is 34.5 Å². The second kappa shape index (κ2) is 7.85. The van der Waals surface area contributed by atoms with Crippen LogP contribution in [0.1, 0.15) is 63.8 Å². The minimum atomic E-state index is -0.0963. The predicted molar refractivity (Wildman–Crippen MR) is 110 cm³/mol. The lowest BCUT2D eigenvalue weighted by Gasteiger charge is -2.27. The molecule has 1 fully saturated rings. The van der Waals surface area contributed by atoms with Gasteiger partial charge in [0.15, 0.2) is 0 Å². The van der Waals surface area contributed by atoms with Gasteiger partial charge in [0.25, 0.3) is 11.8 Å². The van der Waals surface area contributed by atoms with Crippen LogP contribution in [0, 0.1) is 5.92 Å². The molecular formula is C22H26N2O2S. The van der Waals surface area contributed by atoms with Crippen molar-refractivity contribution >= 4 is 28.8 Å². The Bertz CT molecular complexity index is 852. The van der Waals surface area contributed by atoms with Gasteiger partial charge < -0.3 is 10.2 Å². The van der Waals surface area contributed by atoms with E-state index in [1.54, 1.807) is 11.3 Å². The Labute approximate surface area is 164 Å². The number of thiophene rings is 1. The number of fused-ring (bicyclic) bond motifs is 1. The summed E-state index contributed by atoms with van der Waals surface area (Å²) in [7, 11) is 0. The third-order valence-corrected chi connectivity index (χ3v) is 6.75. The number of rotatable bonds is 3. The van der Waals surface area contributed by atoms with Crippen molar-refractivity contribution < 1.29 is 9.59 Å². The SMILES string of the molecule is CC1CCc2c(C(=O)Nc3ccccc3C(=O)N3CCCCC3)csc2C1. The monoisotopic (exact) mass is 382 g/mol. The highest BCUT2D eigenvalue weighted by atomic mass is 32.1. The Kier molecular flexibility index (Phi) is 5.30. The summed E-state index contributed by atoms with van der Waals surface area (Å²) < 4.78 is 0. The van der Waals surface area contributed by atoms with Gasteiger partial charge in [-0.25, -0.2) is 0 Å². The molecule has 2 aromatic rings. The van der Waals surface area contributed by atoms with Gasteiger partial charge in [-0.05, 0) is 62.1 Å². The summed E-state index contributed by atoms with van der Waals surface area (Å²) in [6.07, 6.45) is 6.46. The number of carbonyl (C=O) groups excluding carboxylic acids is 2. The normalized spacial score (nSPS) is 19.4. The van der Waals surface area contributed by atoms with Gasteiger partial charge in [-0.1, -0.05) is 19.1 Å². The first-order valence-corrected chi connectivity index (χ1v) is 10.8. The fourth-order valence-electron chi connectivity index (χ4n) is 4.10. The third-order valence-electron chi connectivity index (χ3n) is 5.70. The van der Waals surface area contributed by atoms with Gasteiger partial charge in [-0.15, -0.1) is 11.3 Å². The molecule has 1 saturated heterocycles. The highest BCUT2D eigenvalue weighted by molar-refractivity contribution is 7.10. The molecule has 27 heavy (non-hydrogen) atoms. The van der Waals surface area contributed by atoms with E-state index in [1.165, 1.54) is 16.9 Å². The van der Waals surface area contributed by atoms with Crippen molar-refractivity contribution in [2.75, 3.05) is 18.4 Å². The van der Waals surface area contributed by atoms with Crippen LogP contribution in [0.5, 0.6) is 0 Å². The second-order valence-electron chi connectivity index (χ2n) is 7.75. The van der Waals surface area contributed by atoms with Crippen LogP contribution in [-0.2, 0) is 12.8 Å². The van der Waals surface area contributed by atoms with Crippen LogP contribution in [0.25, 0.3) is 0 Å². The second-order valence-corrected chi connectivity index (χ2v) is 8.72. The van der Waals surface area contributed by atoms with E-state index in [4.69, 9.17) is 0 Å². The molecule has 142 valence electrons. The smallest absolute Gasteiger partial charge is 0.256 e. The third kappa shape index (κ3) is 3.79. The zero-order chi connectivity index (χ0) is 18.8. The molecule has 0 spiro atoms. The van der Waals surface area contributed by atoms with Crippen molar-refractivity contribution in [3.8, 4) is 0 Å². The van der Waals surface area contributed by atoms with Gasteiger partial charge in [0.2, 0.25) is 0 Å². The first kappa shape index (κ1) is 18.2. The summed E-state index contributed by atoms with van der Waals surface area (Å²) in [6.45, 7) is 3.87. The summed E-state index contributed by atoms with van der Waals surface area (Å²) >= 11 is 1.69. The zero-order valence-corrected chi connectivity index (χ0v) is 16.6. The van der Waals surface area contributed by atoms with Crippen LogP contribution in [0.3, 0.4) is 0 Å². The van der Waals surface area contributed by atoms with E-state index >= 15 is 0 Å². The lowest BCUT2D eigenvalue weighted by molar-refractivity contribution is 0.0725. The van der Waals surface area contributed by atoms with Gasteiger partial charge in [0.05, 0.1) is 16.8 Å². The quantitative estimate of drug-likeness (QED) is 0.833. The number of piperidine rings is 1. The summed E-state index contributed by atoms with van der Waals surface area (Å²) in [5, 5.41) is 4.99. The summed E-state index contributed by atoms with van der Waals surface area (Å²) in [4.78, 5) is 29.1. The van der Waals surface area contributed by atoms with E-state index in [-0.39, 0.29) is 11.8 Å². The maximum Gasteiger partial charge on any atom is 0.256 e. The van der Waals surface area contributed by atoms with E-state index < -0.39 is 0 Å². The molecule has 2 amide bonds. The number of benzene rings is 1. The van der Waals surface area contributed by atoms with Gasteiger partial charge in [-0.3, -0.25) is 9.59 Å². The largest absolute Gasteiger partial charge is 0.339 e. The predicted octanol–water partition coefficient (Wildman–Crippen LogP) is 4.75. The molecule has 0 bridgehead atoms. The topological polar surface area (TPSA) is 49.4 Å². The molecule has 0 saturated carbocycles. The molecule has 1 atom stereocenters. The first-order valence-electron chi connectivity index (χ1n) is 9.92. The molecule has 1 unspecified atom stereocenters. The molecule has 1 aliphatic heterocycles. The molecule has 5 heteroatoms. The van der Waals surface area contributed by atoms with Gasteiger partial charge in [0, 0.05) is 23.3 Å². The fourth-order valence-corrected chi connectivity index (χ4v) is 5.35. The molecular weight excluding hydrogens is 356 g/mol. The average molecular weight is 383 g/mol. The van der Waals surface area contributed by atoms with Crippen LogP contribution >= 0.6 is 11.3 Å². The van der Waals surface area contributed by atoms with Crippen molar-refractivity contribution in [3.05, 3.63) is 51.2 Å². The Morgan fingerprint density at radius 1 is 1.11 bits per heavy atom. The number of nitrogens with one attached hydrogen (secondary N) is 1. The average Bonchev–Trinajstić information content (AvgIpc) is 3.11. The zero-order valence-electron chi connectivity index (χ0n) is 15.8. The molecule has 2 heterocycles. The van der Waals surface area contributed by atoms with E-state index in [2.05, 4.69) is 12.2 Å². The van der Waals surface area contributed by atoms with Crippen LogP contribution in [0.15, 0.2) is 29.6 Å². The number of carbonyl (C=O) groups is 2. The van der Waals surface area contributed by atoms with E-state index in [0.717, 1.165) is 50.8 Å². The Morgan fingerprint density at radius 3 is 2.70 bits per heavy atom. The Hall–Kier alpha value is -2.14. The van der Waals surface area contributed by atoms with Crippen molar-refractivity contribution in [1.82, 2.24) is 4.90 Å². The Morgan fingerprint density at radius 2 is 1.89 bits per heavy atom. The standard InChI is InChI=1S/C22H26N2O2S/c1-15-9-10-16-18(14-27-20(16)13-15)21(25)23-19-8-4-3-7-17(19)22(26)24-11-5-2-6-12-24/h3-4,7-8,14-15H,2,5-6,9-13H2,1H3,(H,23,25). The molecule has 4 nitrogen and oxygen atoms in total. The minimum absolute atomic E-state index is 0.0202. The maximum atomic E-state index is 13.0.